The summed E-state index contributed by atoms with van der Waals surface area (Å²) in [5, 5.41) is 17.1. The fourth-order valence-electron chi connectivity index (χ4n) is 3.39. The van der Waals surface area contributed by atoms with Crippen LogP contribution in [0.3, 0.4) is 0 Å². The Morgan fingerprint density at radius 1 is 1.19 bits per heavy atom. The number of nitrogens with zero attached hydrogens (tertiary/aromatic N) is 4. The molecule has 4 rings (SSSR count). The normalized spacial score (nSPS) is 11.7. The van der Waals surface area contributed by atoms with Crippen LogP contribution in [0, 0.1) is 11.3 Å². The molecule has 0 spiro atoms. The molecule has 3 N–H and O–H groups in total. The Hall–Kier alpha value is -4.45. The average molecular weight is 428 g/mol. The first-order chi connectivity index (χ1) is 15.5. The number of fused-ring (bicyclic) bond motifs is 1. The summed E-state index contributed by atoms with van der Waals surface area (Å²) < 4.78 is 11.2. The lowest BCUT2D eigenvalue weighted by molar-refractivity contribution is -0.118. The Bertz CT molecular complexity index is 1320. The maximum Gasteiger partial charge on any atom is 0.232 e. The van der Waals surface area contributed by atoms with Crippen LogP contribution in [0.5, 0.6) is 17.2 Å². The van der Waals surface area contributed by atoms with Crippen LogP contribution in [0.1, 0.15) is 35.5 Å². The highest BCUT2D eigenvalue weighted by Gasteiger charge is 2.24. The van der Waals surface area contributed by atoms with Crippen LogP contribution in [-0.2, 0) is 11.2 Å². The van der Waals surface area contributed by atoms with Gasteiger partial charge in [0.1, 0.15) is 29.2 Å². The van der Waals surface area contributed by atoms with Crippen molar-refractivity contribution in [2.75, 3.05) is 7.11 Å². The molecule has 9 heteroatoms. The first-order valence-corrected chi connectivity index (χ1v) is 9.88. The number of nitrogens with one attached hydrogen (secondary N) is 1. The van der Waals surface area contributed by atoms with Crippen molar-refractivity contribution in [1.29, 1.82) is 5.26 Å². The number of carbonyl (C=O) groups is 1. The number of hydrogen-bond donors (Lipinski definition) is 2. The fourth-order valence-corrected chi connectivity index (χ4v) is 3.39. The van der Waals surface area contributed by atoms with E-state index in [9.17, 15) is 10.1 Å². The Balaban J connectivity index is 1.64. The molecule has 1 unspecified atom stereocenters. The minimum Gasteiger partial charge on any atom is -0.495 e. The Morgan fingerprint density at radius 3 is 2.66 bits per heavy atom. The van der Waals surface area contributed by atoms with Crippen molar-refractivity contribution in [3.05, 3.63) is 71.4 Å². The largest absolute Gasteiger partial charge is 0.495 e. The summed E-state index contributed by atoms with van der Waals surface area (Å²) in [6, 6.07) is 12.4. The van der Waals surface area contributed by atoms with Crippen LogP contribution in [0.15, 0.2) is 48.8 Å². The standard InChI is InChI=1S/C23H20N6O3/c1-3-14-9-19(29-28-14)22(23(25)30)17-5-4-15(12-27-17)32-20-6-7-26-18-10-21(31-2)13(11-24)8-16(18)20/h4-10,12,22H,3H2,1-2H3,(H2,25,30)(H,28,29). The number of H-pyrrole nitrogens is 1. The lowest BCUT2D eigenvalue weighted by atomic mass is 9.99. The van der Waals surface area contributed by atoms with E-state index in [-0.39, 0.29) is 0 Å². The molecule has 1 atom stereocenters. The molecule has 160 valence electrons. The van der Waals surface area contributed by atoms with Crippen LogP contribution in [0.25, 0.3) is 10.9 Å². The number of methoxy groups -OCH3 is 1. The highest BCUT2D eigenvalue weighted by molar-refractivity contribution is 5.88. The molecule has 0 aliphatic carbocycles. The maximum absolute atomic E-state index is 12.1. The van der Waals surface area contributed by atoms with Gasteiger partial charge in [-0.05, 0) is 36.8 Å². The van der Waals surface area contributed by atoms with Gasteiger partial charge in [-0.25, -0.2) is 0 Å². The van der Waals surface area contributed by atoms with E-state index in [2.05, 4.69) is 26.2 Å². The van der Waals surface area contributed by atoms with E-state index in [1.54, 1.807) is 36.5 Å². The van der Waals surface area contributed by atoms with Crippen molar-refractivity contribution in [3.63, 3.8) is 0 Å². The van der Waals surface area contributed by atoms with E-state index in [0.29, 0.717) is 45.1 Å². The van der Waals surface area contributed by atoms with Gasteiger partial charge in [0, 0.05) is 23.3 Å². The third kappa shape index (κ3) is 3.94. The number of amides is 1. The van der Waals surface area contributed by atoms with Gasteiger partial charge in [-0.3, -0.25) is 19.9 Å². The topological polar surface area (TPSA) is 140 Å². The third-order valence-electron chi connectivity index (χ3n) is 5.04. The summed E-state index contributed by atoms with van der Waals surface area (Å²) in [5.74, 6) is 0.0920. The number of hydrogen-bond acceptors (Lipinski definition) is 7. The average Bonchev–Trinajstić information content (AvgIpc) is 3.28. The van der Waals surface area contributed by atoms with Crippen molar-refractivity contribution in [2.45, 2.75) is 19.3 Å². The SMILES string of the molecule is CCc1cc(C(C(N)=O)c2ccc(Oc3ccnc4cc(OC)c(C#N)cc34)cn2)n[nH]1. The third-order valence-corrected chi connectivity index (χ3v) is 5.04. The molecule has 9 nitrogen and oxygen atoms in total. The summed E-state index contributed by atoms with van der Waals surface area (Å²) in [6.45, 7) is 1.99. The Morgan fingerprint density at radius 2 is 2.03 bits per heavy atom. The molecule has 0 saturated carbocycles. The minimum absolute atomic E-state index is 0.376. The van der Waals surface area contributed by atoms with Crippen molar-refractivity contribution < 1.29 is 14.3 Å². The van der Waals surface area contributed by atoms with Crippen LogP contribution in [-0.4, -0.2) is 33.2 Å². The number of nitriles is 1. The number of primary amides is 1. The second-order valence-electron chi connectivity index (χ2n) is 7.02. The zero-order valence-corrected chi connectivity index (χ0v) is 17.5. The number of pyridine rings is 2. The van der Waals surface area contributed by atoms with Crippen molar-refractivity contribution in [1.82, 2.24) is 20.2 Å². The molecule has 3 aromatic heterocycles. The van der Waals surface area contributed by atoms with Gasteiger partial charge in [0.2, 0.25) is 5.91 Å². The first-order valence-electron chi connectivity index (χ1n) is 9.88. The van der Waals surface area contributed by atoms with Gasteiger partial charge in [-0.2, -0.15) is 10.4 Å². The zero-order valence-electron chi connectivity index (χ0n) is 17.5. The first kappa shape index (κ1) is 20.8. The van der Waals surface area contributed by atoms with Gasteiger partial charge in [-0.15, -0.1) is 0 Å². The van der Waals surface area contributed by atoms with Gasteiger partial charge < -0.3 is 15.2 Å². The van der Waals surface area contributed by atoms with E-state index in [4.69, 9.17) is 15.2 Å². The second-order valence-corrected chi connectivity index (χ2v) is 7.02. The number of ether oxygens (including phenoxy) is 2. The number of rotatable bonds is 7. The molecular weight excluding hydrogens is 408 g/mol. The Labute approximate surface area is 183 Å². The van der Waals surface area contributed by atoms with Crippen molar-refractivity contribution in [3.8, 4) is 23.3 Å². The fraction of sp³-hybridized carbons (Fsp3) is 0.174. The van der Waals surface area contributed by atoms with Gasteiger partial charge in [-0.1, -0.05) is 6.92 Å². The van der Waals surface area contributed by atoms with E-state index in [0.717, 1.165) is 12.1 Å². The predicted molar refractivity (Wildman–Crippen MR) is 116 cm³/mol. The minimum atomic E-state index is -0.770. The Kier molecular flexibility index (Phi) is 5.68. The second kappa shape index (κ2) is 8.73. The molecule has 1 aromatic carbocycles. The van der Waals surface area contributed by atoms with E-state index in [1.165, 1.54) is 13.3 Å². The van der Waals surface area contributed by atoms with Crippen LogP contribution < -0.4 is 15.2 Å². The lowest BCUT2D eigenvalue weighted by Crippen LogP contribution is -2.23. The molecule has 4 aromatic rings. The number of aromatic amines is 1. The highest BCUT2D eigenvalue weighted by atomic mass is 16.5. The summed E-state index contributed by atoms with van der Waals surface area (Å²) >= 11 is 0. The monoisotopic (exact) mass is 428 g/mol. The molecule has 3 heterocycles. The van der Waals surface area contributed by atoms with E-state index in [1.807, 2.05) is 13.0 Å². The molecule has 1 amide bonds. The highest BCUT2D eigenvalue weighted by Crippen LogP contribution is 2.33. The van der Waals surface area contributed by atoms with Crippen molar-refractivity contribution >= 4 is 16.8 Å². The molecule has 0 radical (unpaired) electrons. The van der Waals surface area contributed by atoms with Crippen LogP contribution in [0.2, 0.25) is 0 Å². The number of carbonyl (C=O) groups excluding carboxylic acids is 1. The van der Waals surface area contributed by atoms with E-state index < -0.39 is 11.8 Å². The summed E-state index contributed by atoms with van der Waals surface area (Å²) in [6.07, 6.45) is 3.88. The number of aromatic nitrogens is 4. The summed E-state index contributed by atoms with van der Waals surface area (Å²) in [7, 11) is 1.50. The van der Waals surface area contributed by atoms with Gasteiger partial charge in [0.15, 0.2) is 0 Å². The predicted octanol–water partition coefficient (Wildman–Crippen LogP) is 3.21. The number of benzene rings is 1. The van der Waals surface area contributed by atoms with E-state index >= 15 is 0 Å². The lowest BCUT2D eigenvalue weighted by Gasteiger charge is -2.12. The molecule has 0 fully saturated rings. The van der Waals surface area contributed by atoms with Gasteiger partial charge in [0.05, 0.1) is 35.8 Å². The molecule has 0 saturated heterocycles. The summed E-state index contributed by atoms with van der Waals surface area (Å²) in [5.41, 5.74) is 8.52. The molecule has 0 aliphatic rings. The quantitative estimate of drug-likeness (QED) is 0.460. The van der Waals surface area contributed by atoms with Crippen molar-refractivity contribution in [2.24, 2.45) is 5.73 Å². The maximum atomic E-state index is 12.1. The smallest absolute Gasteiger partial charge is 0.232 e. The van der Waals surface area contributed by atoms with Crippen LogP contribution >= 0.6 is 0 Å². The molecule has 0 aliphatic heterocycles. The van der Waals surface area contributed by atoms with Gasteiger partial charge >= 0.3 is 0 Å². The van der Waals surface area contributed by atoms with Gasteiger partial charge in [0.25, 0.3) is 0 Å². The van der Waals surface area contributed by atoms with Crippen LogP contribution in [0.4, 0.5) is 0 Å². The zero-order chi connectivity index (χ0) is 22.7. The molecule has 0 bridgehead atoms. The molecule has 32 heavy (non-hydrogen) atoms. The number of aryl methyl sites for hydroxylation is 1. The number of nitrogens with two attached hydrogens (primary N) is 1. The summed E-state index contributed by atoms with van der Waals surface area (Å²) in [4.78, 5) is 20.8. The molecular formula is C23H20N6O3.